The van der Waals surface area contributed by atoms with Crippen LogP contribution in [-0.2, 0) is 9.53 Å². The van der Waals surface area contributed by atoms with Crippen LogP contribution in [0.15, 0.2) is 66.1 Å². The molecule has 0 bridgehead atoms. The summed E-state index contributed by atoms with van der Waals surface area (Å²) in [6.45, 7) is 2.46. The molecule has 4 rings (SSSR count). The molecule has 1 amide bonds. The molecular weight excluding hydrogens is 388 g/mol. The standard InChI is InChI=1S/C21H20N4O3S/c1-15-10-11-24(18-4-2-3-5-19(18)29-15)20(26)12-28-21(27)16-6-8-17(9-7-16)25-14-22-13-23-25/h2-9,13-15H,10-12H2,1H3/t15-/m1/s1. The zero-order chi connectivity index (χ0) is 20.2. The lowest BCUT2D eigenvalue weighted by Gasteiger charge is -2.22. The molecule has 3 aromatic rings. The number of nitrogens with zero attached hydrogens (tertiary/aromatic N) is 4. The van der Waals surface area contributed by atoms with E-state index in [0.717, 1.165) is 22.7 Å². The summed E-state index contributed by atoms with van der Waals surface area (Å²) in [7, 11) is 0. The average molecular weight is 408 g/mol. The Hall–Kier alpha value is -3.13. The Morgan fingerprint density at radius 1 is 1.17 bits per heavy atom. The van der Waals surface area contributed by atoms with E-state index in [1.807, 2.05) is 24.3 Å². The number of esters is 1. The Balaban J connectivity index is 1.41. The van der Waals surface area contributed by atoms with Gasteiger partial charge in [-0.1, -0.05) is 19.1 Å². The first-order valence-electron chi connectivity index (χ1n) is 9.30. The fourth-order valence-electron chi connectivity index (χ4n) is 3.13. The van der Waals surface area contributed by atoms with Gasteiger partial charge in [-0.05, 0) is 42.8 Å². The van der Waals surface area contributed by atoms with Crippen molar-refractivity contribution in [1.82, 2.24) is 14.8 Å². The first kappa shape index (κ1) is 19.2. The van der Waals surface area contributed by atoms with Gasteiger partial charge in [0.15, 0.2) is 6.61 Å². The number of ether oxygens (including phenoxy) is 1. The lowest BCUT2D eigenvalue weighted by atomic mass is 10.2. The third-order valence-corrected chi connectivity index (χ3v) is 5.89. The van der Waals surface area contributed by atoms with Gasteiger partial charge in [0, 0.05) is 16.7 Å². The summed E-state index contributed by atoms with van der Waals surface area (Å²) >= 11 is 1.76. The summed E-state index contributed by atoms with van der Waals surface area (Å²) in [5, 5.41) is 4.46. The molecule has 0 saturated heterocycles. The molecule has 1 aromatic heterocycles. The third-order valence-electron chi connectivity index (χ3n) is 4.66. The van der Waals surface area contributed by atoms with Crippen LogP contribution in [0.4, 0.5) is 5.69 Å². The second-order valence-corrected chi connectivity index (χ2v) is 8.17. The van der Waals surface area contributed by atoms with Crippen molar-refractivity contribution in [3.8, 4) is 5.69 Å². The fraction of sp³-hybridized carbons (Fsp3) is 0.238. The predicted molar refractivity (Wildman–Crippen MR) is 110 cm³/mol. The molecule has 0 unspecified atom stereocenters. The van der Waals surface area contributed by atoms with Crippen molar-refractivity contribution in [2.45, 2.75) is 23.5 Å². The van der Waals surface area contributed by atoms with E-state index in [1.165, 1.54) is 6.33 Å². The van der Waals surface area contributed by atoms with Crippen LogP contribution in [0.25, 0.3) is 5.69 Å². The van der Waals surface area contributed by atoms with Gasteiger partial charge in [0.1, 0.15) is 12.7 Å². The van der Waals surface area contributed by atoms with Crippen molar-refractivity contribution in [1.29, 1.82) is 0 Å². The lowest BCUT2D eigenvalue weighted by molar-refractivity contribution is -0.121. The second kappa shape index (κ2) is 8.48. The molecular formula is C21H20N4O3S. The van der Waals surface area contributed by atoms with Gasteiger partial charge in [-0.2, -0.15) is 5.10 Å². The van der Waals surface area contributed by atoms with E-state index in [0.29, 0.717) is 17.4 Å². The monoisotopic (exact) mass is 408 g/mol. The van der Waals surface area contributed by atoms with Crippen LogP contribution in [0.2, 0.25) is 0 Å². The van der Waals surface area contributed by atoms with Crippen LogP contribution in [-0.4, -0.2) is 45.0 Å². The number of aromatic nitrogens is 3. The van der Waals surface area contributed by atoms with Crippen molar-refractivity contribution in [2.24, 2.45) is 0 Å². The molecule has 8 heteroatoms. The van der Waals surface area contributed by atoms with Crippen molar-refractivity contribution in [3.63, 3.8) is 0 Å². The van der Waals surface area contributed by atoms with E-state index < -0.39 is 5.97 Å². The number of rotatable bonds is 4. The van der Waals surface area contributed by atoms with Crippen molar-refractivity contribution < 1.29 is 14.3 Å². The van der Waals surface area contributed by atoms with Crippen LogP contribution in [0.1, 0.15) is 23.7 Å². The zero-order valence-corrected chi connectivity index (χ0v) is 16.7. The van der Waals surface area contributed by atoms with Crippen LogP contribution < -0.4 is 4.90 Å². The maximum absolute atomic E-state index is 12.8. The molecule has 1 aliphatic heterocycles. The van der Waals surface area contributed by atoms with Gasteiger partial charge in [0.05, 0.1) is 16.9 Å². The Morgan fingerprint density at radius 2 is 1.97 bits per heavy atom. The number of carbonyl (C=O) groups excluding carboxylic acids is 2. The molecule has 7 nitrogen and oxygen atoms in total. The minimum absolute atomic E-state index is 0.222. The number of para-hydroxylation sites is 1. The van der Waals surface area contributed by atoms with Crippen LogP contribution in [0.5, 0.6) is 0 Å². The van der Waals surface area contributed by atoms with E-state index in [2.05, 4.69) is 17.0 Å². The summed E-state index contributed by atoms with van der Waals surface area (Å²) in [5.41, 5.74) is 2.03. The average Bonchev–Trinajstić information content (AvgIpc) is 3.22. The van der Waals surface area contributed by atoms with Gasteiger partial charge >= 0.3 is 5.97 Å². The highest BCUT2D eigenvalue weighted by molar-refractivity contribution is 8.00. The van der Waals surface area contributed by atoms with E-state index in [4.69, 9.17) is 4.74 Å². The van der Waals surface area contributed by atoms with Gasteiger partial charge in [-0.25, -0.2) is 14.5 Å². The quantitative estimate of drug-likeness (QED) is 0.616. The largest absolute Gasteiger partial charge is 0.452 e. The van der Waals surface area contributed by atoms with Crippen LogP contribution >= 0.6 is 11.8 Å². The van der Waals surface area contributed by atoms with E-state index in [9.17, 15) is 9.59 Å². The highest BCUT2D eigenvalue weighted by atomic mass is 32.2. The number of thioether (sulfide) groups is 1. The molecule has 1 atom stereocenters. The molecule has 0 fully saturated rings. The van der Waals surface area contributed by atoms with Gasteiger partial charge in [0.25, 0.3) is 5.91 Å². The highest BCUT2D eigenvalue weighted by Gasteiger charge is 2.25. The molecule has 1 aliphatic rings. The van der Waals surface area contributed by atoms with E-state index >= 15 is 0 Å². The Labute approximate surface area is 172 Å². The van der Waals surface area contributed by atoms with E-state index in [-0.39, 0.29) is 12.5 Å². The molecule has 29 heavy (non-hydrogen) atoms. The van der Waals surface area contributed by atoms with Gasteiger partial charge in [0.2, 0.25) is 0 Å². The normalized spacial score (nSPS) is 16.0. The van der Waals surface area contributed by atoms with Crippen molar-refractivity contribution in [3.05, 3.63) is 66.7 Å². The molecule has 0 aliphatic carbocycles. The van der Waals surface area contributed by atoms with Crippen molar-refractivity contribution >= 4 is 29.3 Å². The van der Waals surface area contributed by atoms with E-state index in [1.54, 1.807) is 51.9 Å². The Kier molecular flexibility index (Phi) is 5.62. The summed E-state index contributed by atoms with van der Waals surface area (Å²) < 4.78 is 6.88. The Morgan fingerprint density at radius 3 is 2.72 bits per heavy atom. The molecule has 2 heterocycles. The summed E-state index contributed by atoms with van der Waals surface area (Å²) in [6.07, 6.45) is 3.89. The Bertz CT molecular complexity index is 1010. The van der Waals surface area contributed by atoms with Gasteiger partial charge < -0.3 is 9.64 Å². The maximum Gasteiger partial charge on any atom is 0.338 e. The number of anilines is 1. The number of fused-ring (bicyclic) bond motifs is 1. The molecule has 148 valence electrons. The molecule has 0 saturated carbocycles. The number of hydrogen-bond acceptors (Lipinski definition) is 6. The topological polar surface area (TPSA) is 77.3 Å². The fourth-order valence-corrected chi connectivity index (χ4v) is 4.24. The summed E-state index contributed by atoms with van der Waals surface area (Å²) in [5.74, 6) is -0.755. The van der Waals surface area contributed by atoms with Gasteiger partial charge in [-0.3, -0.25) is 4.79 Å². The van der Waals surface area contributed by atoms with Crippen LogP contribution in [0.3, 0.4) is 0 Å². The molecule has 0 spiro atoms. The second-order valence-electron chi connectivity index (χ2n) is 6.69. The molecule has 0 N–H and O–H groups in total. The number of carbonyl (C=O) groups is 2. The first-order chi connectivity index (χ1) is 14.1. The SMILES string of the molecule is C[C@@H]1CCN(C(=O)COC(=O)c2ccc(-n3cncn3)cc2)c2ccccc2S1. The summed E-state index contributed by atoms with van der Waals surface area (Å²) in [4.78, 5) is 31.8. The van der Waals surface area contributed by atoms with Crippen LogP contribution in [0, 0.1) is 0 Å². The smallest absolute Gasteiger partial charge is 0.338 e. The van der Waals surface area contributed by atoms with Gasteiger partial charge in [-0.15, -0.1) is 11.8 Å². The maximum atomic E-state index is 12.8. The zero-order valence-electron chi connectivity index (χ0n) is 15.9. The first-order valence-corrected chi connectivity index (χ1v) is 10.2. The molecule has 0 radical (unpaired) electrons. The highest BCUT2D eigenvalue weighted by Crippen LogP contribution is 2.37. The number of hydrogen-bond donors (Lipinski definition) is 0. The lowest BCUT2D eigenvalue weighted by Crippen LogP contribution is -2.35. The number of amides is 1. The third kappa shape index (κ3) is 4.32. The summed E-state index contributed by atoms with van der Waals surface area (Å²) in [6, 6.07) is 14.6. The van der Waals surface area contributed by atoms with Crippen molar-refractivity contribution in [2.75, 3.05) is 18.1 Å². The number of benzene rings is 2. The minimum Gasteiger partial charge on any atom is -0.452 e. The molecule has 2 aromatic carbocycles. The minimum atomic E-state index is -0.533. The predicted octanol–water partition coefficient (Wildman–Crippen LogP) is 3.34.